The number of amidine groups is 1. The molecule has 1 aromatic carbocycles. The molecule has 4 rings (SSSR count). The molecule has 2 aromatic rings. The van der Waals surface area contributed by atoms with E-state index in [2.05, 4.69) is 14.9 Å². The number of likely N-dealkylation sites (tertiary alicyclic amines) is 2. The molecule has 0 radical (unpaired) electrons. The van der Waals surface area contributed by atoms with Crippen molar-refractivity contribution in [2.24, 2.45) is 5.41 Å². The molecule has 158 valence electrons. The SMILES string of the molecule is N=C(/C=C\C(=N)N1CCC2(CCN(CCO)C2)C1)c1ccc(-n2cccn2)cc1O. The summed E-state index contributed by atoms with van der Waals surface area (Å²) in [5, 5.41) is 40.4. The van der Waals surface area contributed by atoms with Crippen LogP contribution in [0.5, 0.6) is 5.75 Å². The van der Waals surface area contributed by atoms with E-state index in [1.54, 1.807) is 53.5 Å². The van der Waals surface area contributed by atoms with Crippen LogP contribution in [-0.2, 0) is 0 Å². The lowest BCUT2D eigenvalue weighted by Crippen LogP contribution is -2.33. The Morgan fingerprint density at radius 3 is 2.73 bits per heavy atom. The Bertz CT molecular complexity index is 955. The lowest BCUT2D eigenvalue weighted by atomic mass is 9.86. The molecule has 30 heavy (non-hydrogen) atoms. The summed E-state index contributed by atoms with van der Waals surface area (Å²) in [5.41, 5.74) is 1.51. The van der Waals surface area contributed by atoms with Gasteiger partial charge in [0.25, 0.3) is 0 Å². The fourth-order valence-electron chi connectivity index (χ4n) is 4.50. The molecule has 2 aliphatic rings. The van der Waals surface area contributed by atoms with Gasteiger partial charge in [-0.2, -0.15) is 5.10 Å². The zero-order valence-electron chi connectivity index (χ0n) is 17.0. The van der Waals surface area contributed by atoms with Crippen LogP contribution in [0.15, 0.2) is 48.8 Å². The van der Waals surface area contributed by atoms with E-state index in [1.807, 2.05) is 0 Å². The second kappa shape index (κ2) is 8.41. The van der Waals surface area contributed by atoms with E-state index in [0.29, 0.717) is 11.4 Å². The molecule has 8 nitrogen and oxygen atoms in total. The van der Waals surface area contributed by atoms with Gasteiger partial charge in [-0.15, -0.1) is 0 Å². The maximum absolute atomic E-state index is 10.3. The maximum Gasteiger partial charge on any atom is 0.127 e. The van der Waals surface area contributed by atoms with Crippen molar-refractivity contribution < 1.29 is 10.2 Å². The summed E-state index contributed by atoms with van der Waals surface area (Å²) in [6, 6.07) is 6.89. The monoisotopic (exact) mass is 408 g/mol. The number of β-amino-alcohol motifs (C(OH)–C–C–N with tert-alkyl or cyclic N) is 1. The van der Waals surface area contributed by atoms with Gasteiger partial charge in [-0.25, -0.2) is 4.68 Å². The standard InChI is InChI=1S/C22H28N6O2/c23-19(18-3-2-17(14-20(18)30)28-9-1-8-25-28)4-5-21(24)27-11-7-22(16-27)6-10-26(15-22)12-13-29/h1-5,8-9,14,23-24,29-30H,6-7,10-13,15-16H2/b5-4-,23-19?,24-21?. The first-order valence-corrected chi connectivity index (χ1v) is 10.3. The van der Waals surface area contributed by atoms with Crippen molar-refractivity contribution in [2.75, 3.05) is 39.3 Å². The van der Waals surface area contributed by atoms with Crippen molar-refractivity contribution >= 4 is 11.5 Å². The number of benzene rings is 1. The first-order valence-electron chi connectivity index (χ1n) is 10.3. The van der Waals surface area contributed by atoms with Crippen LogP contribution in [-0.4, -0.2) is 80.7 Å². The molecule has 1 aromatic heterocycles. The van der Waals surface area contributed by atoms with Crippen LogP contribution in [0.25, 0.3) is 5.69 Å². The molecule has 1 spiro atoms. The molecular formula is C22H28N6O2. The molecule has 0 bridgehead atoms. The van der Waals surface area contributed by atoms with Crippen LogP contribution in [0.1, 0.15) is 18.4 Å². The van der Waals surface area contributed by atoms with Gasteiger partial charge in [0, 0.05) is 55.6 Å². The molecule has 2 saturated heterocycles. The lowest BCUT2D eigenvalue weighted by Gasteiger charge is -2.25. The zero-order chi connectivity index (χ0) is 21.1. The Kier molecular flexibility index (Phi) is 5.69. The molecule has 1 atom stereocenters. The third-order valence-corrected chi connectivity index (χ3v) is 6.16. The van der Waals surface area contributed by atoms with Gasteiger partial charge in [0.1, 0.15) is 11.6 Å². The number of allylic oxidation sites excluding steroid dienone is 1. The van der Waals surface area contributed by atoms with Gasteiger partial charge in [-0.3, -0.25) is 5.41 Å². The predicted octanol–water partition coefficient (Wildman–Crippen LogP) is 1.87. The van der Waals surface area contributed by atoms with E-state index in [9.17, 15) is 5.11 Å². The highest BCUT2D eigenvalue weighted by molar-refractivity contribution is 6.11. The van der Waals surface area contributed by atoms with E-state index >= 15 is 0 Å². The topological polar surface area (TPSA) is 112 Å². The molecule has 1 unspecified atom stereocenters. The third kappa shape index (κ3) is 4.15. The minimum Gasteiger partial charge on any atom is -0.507 e. The van der Waals surface area contributed by atoms with Crippen molar-refractivity contribution in [1.29, 1.82) is 10.8 Å². The fourth-order valence-corrected chi connectivity index (χ4v) is 4.50. The summed E-state index contributed by atoms with van der Waals surface area (Å²) in [5.74, 6) is 0.407. The van der Waals surface area contributed by atoms with Gasteiger partial charge in [0.2, 0.25) is 0 Å². The van der Waals surface area contributed by atoms with Crippen LogP contribution >= 0.6 is 0 Å². The van der Waals surface area contributed by atoms with Crippen molar-refractivity contribution in [3.05, 3.63) is 54.4 Å². The summed E-state index contributed by atoms with van der Waals surface area (Å²) in [6.07, 6.45) is 8.83. The lowest BCUT2D eigenvalue weighted by molar-refractivity contribution is 0.202. The predicted molar refractivity (Wildman–Crippen MR) is 116 cm³/mol. The highest BCUT2D eigenvalue weighted by Gasteiger charge is 2.43. The molecular weight excluding hydrogens is 380 g/mol. The number of aromatic nitrogens is 2. The van der Waals surface area contributed by atoms with E-state index in [1.165, 1.54) is 0 Å². The summed E-state index contributed by atoms with van der Waals surface area (Å²) >= 11 is 0. The molecule has 8 heteroatoms. The number of phenolic OH excluding ortho intramolecular Hbond substituents is 1. The van der Waals surface area contributed by atoms with Crippen LogP contribution in [0.2, 0.25) is 0 Å². The number of hydrogen-bond acceptors (Lipinski definition) is 6. The quantitative estimate of drug-likeness (QED) is 0.431. The van der Waals surface area contributed by atoms with Gasteiger partial charge in [-0.05, 0) is 49.7 Å². The van der Waals surface area contributed by atoms with Crippen molar-refractivity contribution in [3.8, 4) is 11.4 Å². The van der Waals surface area contributed by atoms with E-state index in [4.69, 9.17) is 15.9 Å². The number of phenols is 1. The van der Waals surface area contributed by atoms with Gasteiger partial charge in [-0.1, -0.05) is 0 Å². The first-order chi connectivity index (χ1) is 14.5. The molecule has 4 N–H and O–H groups in total. The van der Waals surface area contributed by atoms with Crippen molar-refractivity contribution in [3.63, 3.8) is 0 Å². The van der Waals surface area contributed by atoms with Gasteiger partial charge in [0.15, 0.2) is 0 Å². The maximum atomic E-state index is 10.3. The minimum absolute atomic E-state index is 0.0132. The van der Waals surface area contributed by atoms with Gasteiger partial charge >= 0.3 is 0 Å². The average molecular weight is 409 g/mol. The van der Waals surface area contributed by atoms with E-state index < -0.39 is 0 Å². The van der Waals surface area contributed by atoms with E-state index in [0.717, 1.165) is 51.3 Å². The Balaban J connectivity index is 1.37. The second-order valence-electron chi connectivity index (χ2n) is 8.21. The number of nitrogens with one attached hydrogen (secondary N) is 2. The van der Waals surface area contributed by atoms with Crippen molar-refractivity contribution in [1.82, 2.24) is 19.6 Å². The van der Waals surface area contributed by atoms with Crippen LogP contribution in [0, 0.1) is 16.2 Å². The highest BCUT2D eigenvalue weighted by Crippen LogP contribution is 2.39. The van der Waals surface area contributed by atoms with Gasteiger partial charge < -0.3 is 25.4 Å². The molecule has 3 heterocycles. The van der Waals surface area contributed by atoms with Crippen LogP contribution < -0.4 is 0 Å². The summed E-state index contributed by atoms with van der Waals surface area (Å²) in [6.45, 7) is 4.58. The highest BCUT2D eigenvalue weighted by atomic mass is 16.3. The Labute approximate surface area is 176 Å². The number of nitrogens with zero attached hydrogens (tertiary/aromatic N) is 4. The number of aromatic hydroxyl groups is 1. The number of aliphatic hydroxyl groups excluding tert-OH is 1. The summed E-state index contributed by atoms with van der Waals surface area (Å²) < 4.78 is 1.65. The Hall–Kier alpha value is -2.97. The largest absolute Gasteiger partial charge is 0.507 e. The molecule has 2 fully saturated rings. The Morgan fingerprint density at radius 1 is 1.17 bits per heavy atom. The molecule has 0 saturated carbocycles. The summed E-state index contributed by atoms with van der Waals surface area (Å²) in [7, 11) is 0. The van der Waals surface area contributed by atoms with Crippen LogP contribution in [0.4, 0.5) is 0 Å². The normalized spacial score (nSPS) is 21.8. The average Bonchev–Trinajstić information content (AvgIpc) is 3.48. The van der Waals surface area contributed by atoms with Gasteiger partial charge in [0.05, 0.1) is 18.0 Å². The third-order valence-electron chi connectivity index (χ3n) is 6.16. The molecule has 0 amide bonds. The fraction of sp³-hybridized carbons (Fsp3) is 0.409. The number of aliphatic hydroxyl groups is 1. The van der Waals surface area contributed by atoms with Crippen molar-refractivity contribution in [2.45, 2.75) is 12.8 Å². The minimum atomic E-state index is 0.0132. The zero-order valence-corrected chi connectivity index (χ0v) is 17.0. The smallest absolute Gasteiger partial charge is 0.127 e. The second-order valence-corrected chi connectivity index (χ2v) is 8.21. The first kappa shape index (κ1) is 20.3. The molecule has 0 aliphatic carbocycles. The number of hydrogen-bond donors (Lipinski definition) is 4. The van der Waals surface area contributed by atoms with E-state index in [-0.39, 0.29) is 23.5 Å². The Morgan fingerprint density at radius 2 is 2.00 bits per heavy atom. The molecule has 2 aliphatic heterocycles. The van der Waals surface area contributed by atoms with Crippen LogP contribution in [0.3, 0.4) is 0 Å². The number of rotatable bonds is 6. The summed E-state index contributed by atoms with van der Waals surface area (Å²) in [4.78, 5) is 4.36.